The third-order valence-electron chi connectivity index (χ3n) is 3.44. The second kappa shape index (κ2) is 6.75. The van der Waals surface area contributed by atoms with Gasteiger partial charge in [-0.15, -0.1) is 0 Å². The van der Waals surface area contributed by atoms with Crippen molar-refractivity contribution in [1.82, 2.24) is 0 Å². The number of hydrogen-bond donors (Lipinski definition) is 1. The molecule has 19 heavy (non-hydrogen) atoms. The number of nitrogens with two attached hydrogens (primary N) is 1. The van der Waals surface area contributed by atoms with Crippen LogP contribution in [-0.4, -0.2) is 20.8 Å². The maximum Gasteiger partial charge on any atom is 0.163 e. The first-order valence-electron chi connectivity index (χ1n) is 6.54. The van der Waals surface area contributed by atoms with Gasteiger partial charge in [0.05, 0.1) is 14.2 Å². The number of benzene rings is 1. The minimum absolute atomic E-state index is 0.119. The van der Waals surface area contributed by atoms with Crippen LogP contribution in [0, 0.1) is 11.2 Å². The summed E-state index contributed by atoms with van der Waals surface area (Å²) < 4.78 is 24.2. The quantitative estimate of drug-likeness (QED) is 0.827. The van der Waals surface area contributed by atoms with E-state index in [1.807, 2.05) is 0 Å². The summed E-state index contributed by atoms with van der Waals surface area (Å²) in [6.07, 6.45) is 2.48. The molecule has 0 spiro atoms. The van der Waals surface area contributed by atoms with Gasteiger partial charge < -0.3 is 15.2 Å². The Balaban J connectivity index is 2.84. The van der Waals surface area contributed by atoms with E-state index in [-0.39, 0.29) is 11.2 Å². The van der Waals surface area contributed by atoms with Crippen LogP contribution in [-0.2, 0) is 6.42 Å². The van der Waals surface area contributed by atoms with Crippen molar-refractivity contribution < 1.29 is 13.9 Å². The zero-order valence-electron chi connectivity index (χ0n) is 12.3. The molecule has 1 aromatic rings. The summed E-state index contributed by atoms with van der Waals surface area (Å²) in [6.45, 7) is 4.96. The SMILES string of the molecule is COc1cc(F)c(CCC(C)(C)CCN)cc1OC. The third-order valence-corrected chi connectivity index (χ3v) is 3.44. The Morgan fingerprint density at radius 2 is 1.68 bits per heavy atom. The highest BCUT2D eigenvalue weighted by molar-refractivity contribution is 5.43. The van der Waals surface area contributed by atoms with Crippen LogP contribution in [0.15, 0.2) is 12.1 Å². The summed E-state index contributed by atoms with van der Waals surface area (Å²) in [4.78, 5) is 0. The molecule has 3 nitrogen and oxygen atoms in total. The second-order valence-corrected chi connectivity index (χ2v) is 5.50. The normalized spacial score (nSPS) is 11.5. The average Bonchev–Trinajstić information content (AvgIpc) is 2.36. The molecule has 0 heterocycles. The monoisotopic (exact) mass is 269 g/mol. The molecular weight excluding hydrogens is 245 g/mol. The minimum Gasteiger partial charge on any atom is -0.493 e. The van der Waals surface area contributed by atoms with Gasteiger partial charge >= 0.3 is 0 Å². The van der Waals surface area contributed by atoms with Gasteiger partial charge in [-0.05, 0) is 42.9 Å². The molecule has 0 aliphatic rings. The molecule has 0 saturated carbocycles. The van der Waals surface area contributed by atoms with Crippen LogP contribution in [0.1, 0.15) is 32.3 Å². The Morgan fingerprint density at radius 3 is 2.21 bits per heavy atom. The summed E-state index contributed by atoms with van der Waals surface area (Å²) in [5.74, 6) is 0.738. The maximum atomic E-state index is 14.0. The summed E-state index contributed by atoms with van der Waals surface area (Å²) in [5, 5.41) is 0. The third kappa shape index (κ3) is 4.39. The van der Waals surface area contributed by atoms with E-state index in [9.17, 15) is 4.39 Å². The molecular formula is C15H24FNO2. The number of ether oxygens (including phenoxy) is 2. The van der Waals surface area contributed by atoms with Gasteiger partial charge in [0.15, 0.2) is 11.5 Å². The fourth-order valence-corrected chi connectivity index (χ4v) is 2.08. The highest BCUT2D eigenvalue weighted by Crippen LogP contribution is 2.32. The maximum absolute atomic E-state index is 14.0. The van der Waals surface area contributed by atoms with Crippen LogP contribution in [0.4, 0.5) is 4.39 Å². The van der Waals surface area contributed by atoms with E-state index in [1.54, 1.807) is 13.2 Å². The molecule has 0 saturated heterocycles. The summed E-state index contributed by atoms with van der Waals surface area (Å²) in [6, 6.07) is 3.09. The predicted octanol–water partition coefficient (Wildman–Crippen LogP) is 3.15. The Hall–Kier alpha value is -1.29. The fraction of sp³-hybridized carbons (Fsp3) is 0.600. The van der Waals surface area contributed by atoms with Crippen LogP contribution in [0.5, 0.6) is 11.5 Å². The van der Waals surface area contributed by atoms with Gasteiger partial charge in [0.1, 0.15) is 5.82 Å². The average molecular weight is 269 g/mol. The summed E-state index contributed by atoms with van der Waals surface area (Å²) >= 11 is 0. The lowest BCUT2D eigenvalue weighted by molar-refractivity contribution is 0.310. The fourth-order valence-electron chi connectivity index (χ4n) is 2.08. The van der Waals surface area contributed by atoms with Crippen molar-refractivity contribution in [2.24, 2.45) is 11.1 Å². The number of hydrogen-bond acceptors (Lipinski definition) is 3. The smallest absolute Gasteiger partial charge is 0.163 e. The lowest BCUT2D eigenvalue weighted by Crippen LogP contribution is -2.18. The summed E-state index contributed by atoms with van der Waals surface area (Å²) in [7, 11) is 3.05. The van der Waals surface area contributed by atoms with Gasteiger partial charge in [-0.2, -0.15) is 0 Å². The number of methoxy groups -OCH3 is 2. The molecule has 0 aliphatic carbocycles. The van der Waals surface area contributed by atoms with Crippen LogP contribution in [0.25, 0.3) is 0 Å². The standard InChI is InChI=1S/C15H24FNO2/c1-15(2,7-8-17)6-5-11-9-13(18-3)14(19-4)10-12(11)16/h9-10H,5-8,17H2,1-4H3. The molecule has 0 unspecified atom stereocenters. The van der Waals surface area contributed by atoms with Crippen molar-refractivity contribution in [3.63, 3.8) is 0 Å². The van der Waals surface area contributed by atoms with Crippen LogP contribution in [0.2, 0.25) is 0 Å². The second-order valence-electron chi connectivity index (χ2n) is 5.50. The molecule has 4 heteroatoms. The van der Waals surface area contributed by atoms with E-state index in [2.05, 4.69) is 13.8 Å². The highest BCUT2D eigenvalue weighted by atomic mass is 19.1. The molecule has 108 valence electrons. The molecule has 1 rings (SSSR count). The largest absolute Gasteiger partial charge is 0.493 e. The first kappa shape index (κ1) is 15.8. The Bertz CT molecular complexity index is 419. The van der Waals surface area contributed by atoms with E-state index >= 15 is 0 Å². The van der Waals surface area contributed by atoms with Crippen molar-refractivity contribution in [1.29, 1.82) is 0 Å². The number of aryl methyl sites for hydroxylation is 1. The molecule has 0 amide bonds. The first-order valence-corrected chi connectivity index (χ1v) is 6.54. The van der Waals surface area contributed by atoms with Crippen molar-refractivity contribution >= 4 is 0 Å². The molecule has 0 aromatic heterocycles. The van der Waals surface area contributed by atoms with Gasteiger partial charge in [-0.25, -0.2) is 4.39 Å². The highest BCUT2D eigenvalue weighted by Gasteiger charge is 2.18. The van der Waals surface area contributed by atoms with E-state index in [0.29, 0.717) is 30.0 Å². The Kier molecular flexibility index (Phi) is 5.60. The molecule has 0 radical (unpaired) electrons. The number of halogens is 1. The van der Waals surface area contributed by atoms with E-state index in [4.69, 9.17) is 15.2 Å². The molecule has 0 fully saturated rings. The first-order chi connectivity index (χ1) is 8.93. The molecule has 2 N–H and O–H groups in total. The minimum atomic E-state index is -0.249. The van der Waals surface area contributed by atoms with Gasteiger partial charge in [-0.3, -0.25) is 0 Å². The molecule has 1 aromatic carbocycles. The van der Waals surface area contributed by atoms with E-state index in [0.717, 1.165) is 12.8 Å². The molecule has 0 atom stereocenters. The lowest BCUT2D eigenvalue weighted by atomic mass is 9.83. The van der Waals surface area contributed by atoms with Crippen LogP contribution >= 0.6 is 0 Å². The Labute approximate surface area is 114 Å². The number of rotatable bonds is 7. The predicted molar refractivity (Wildman–Crippen MR) is 75.3 cm³/mol. The Morgan fingerprint density at radius 1 is 1.11 bits per heavy atom. The van der Waals surface area contributed by atoms with E-state index < -0.39 is 0 Å². The van der Waals surface area contributed by atoms with Crippen molar-refractivity contribution in [3.05, 3.63) is 23.5 Å². The zero-order valence-corrected chi connectivity index (χ0v) is 12.3. The molecule has 0 aliphatic heterocycles. The van der Waals surface area contributed by atoms with Crippen molar-refractivity contribution in [2.45, 2.75) is 33.1 Å². The van der Waals surface area contributed by atoms with Crippen molar-refractivity contribution in [2.75, 3.05) is 20.8 Å². The lowest BCUT2D eigenvalue weighted by Gasteiger charge is -2.24. The van der Waals surface area contributed by atoms with Crippen LogP contribution in [0.3, 0.4) is 0 Å². The van der Waals surface area contributed by atoms with Gasteiger partial charge in [-0.1, -0.05) is 13.8 Å². The summed E-state index contributed by atoms with van der Waals surface area (Å²) in [5.41, 5.74) is 6.36. The van der Waals surface area contributed by atoms with Crippen LogP contribution < -0.4 is 15.2 Å². The topological polar surface area (TPSA) is 44.5 Å². The van der Waals surface area contributed by atoms with Gasteiger partial charge in [0.2, 0.25) is 0 Å². The van der Waals surface area contributed by atoms with Gasteiger partial charge in [0, 0.05) is 6.07 Å². The van der Waals surface area contributed by atoms with E-state index in [1.165, 1.54) is 13.2 Å². The molecule has 0 bridgehead atoms. The van der Waals surface area contributed by atoms with Gasteiger partial charge in [0.25, 0.3) is 0 Å². The van der Waals surface area contributed by atoms with Crippen molar-refractivity contribution in [3.8, 4) is 11.5 Å². The zero-order chi connectivity index (χ0) is 14.5.